The van der Waals surface area contributed by atoms with Crippen molar-refractivity contribution in [3.8, 4) is 0 Å². The monoisotopic (exact) mass is 296 g/mol. The van der Waals surface area contributed by atoms with Gasteiger partial charge in [-0.3, -0.25) is 14.9 Å². The van der Waals surface area contributed by atoms with Crippen molar-refractivity contribution >= 4 is 23.2 Å². The Hall–Kier alpha value is -1.62. The van der Waals surface area contributed by atoms with Crippen molar-refractivity contribution in [2.75, 3.05) is 13.1 Å². The molecule has 0 radical (unpaired) electrons. The number of nitro benzene ring substituents is 1. The van der Waals surface area contributed by atoms with Gasteiger partial charge in [-0.1, -0.05) is 25.4 Å². The number of nitro groups is 1. The van der Waals surface area contributed by atoms with Gasteiger partial charge in [0.25, 0.3) is 11.6 Å². The molecule has 2 rings (SSSR count). The second-order valence-corrected chi connectivity index (χ2v) is 6.01. The Labute approximate surface area is 122 Å². The first-order valence-corrected chi connectivity index (χ1v) is 6.99. The van der Waals surface area contributed by atoms with Gasteiger partial charge in [0.1, 0.15) is 5.56 Å². The Bertz CT molecular complexity index is 537. The van der Waals surface area contributed by atoms with Crippen molar-refractivity contribution in [3.05, 3.63) is 38.9 Å². The van der Waals surface area contributed by atoms with Crippen molar-refractivity contribution in [1.82, 2.24) is 4.90 Å². The molecule has 6 heteroatoms. The van der Waals surface area contributed by atoms with E-state index >= 15 is 0 Å². The van der Waals surface area contributed by atoms with E-state index in [0.29, 0.717) is 24.9 Å². The molecule has 1 amide bonds. The lowest BCUT2D eigenvalue weighted by Gasteiger charge is -2.34. The topological polar surface area (TPSA) is 63.5 Å². The van der Waals surface area contributed by atoms with Crippen LogP contribution in [0.4, 0.5) is 5.69 Å². The molecule has 20 heavy (non-hydrogen) atoms. The summed E-state index contributed by atoms with van der Waals surface area (Å²) in [5.74, 6) is 0.537. The van der Waals surface area contributed by atoms with Gasteiger partial charge in [0.05, 0.1) is 4.92 Å². The first-order valence-electron chi connectivity index (χ1n) is 6.61. The van der Waals surface area contributed by atoms with Gasteiger partial charge in [0, 0.05) is 24.2 Å². The predicted octanol–water partition coefficient (Wildman–Crippen LogP) is 3.37. The highest BCUT2D eigenvalue weighted by Crippen LogP contribution is 2.27. The number of likely N-dealkylation sites (tertiary alicyclic amines) is 1. The maximum atomic E-state index is 12.5. The normalized spacial score (nSPS) is 22.6. The minimum atomic E-state index is -0.560. The second kappa shape index (κ2) is 5.79. The maximum Gasteiger partial charge on any atom is 0.283 e. The maximum absolute atomic E-state index is 12.5. The molecule has 1 heterocycles. The average Bonchev–Trinajstić information content (AvgIpc) is 2.36. The third kappa shape index (κ3) is 3.10. The van der Waals surface area contributed by atoms with Crippen LogP contribution in [-0.2, 0) is 0 Å². The van der Waals surface area contributed by atoms with Crippen LogP contribution in [0.2, 0.25) is 5.02 Å². The predicted molar refractivity (Wildman–Crippen MR) is 77.0 cm³/mol. The number of halogens is 1. The van der Waals surface area contributed by atoms with Crippen LogP contribution in [-0.4, -0.2) is 28.8 Å². The zero-order chi connectivity index (χ0) is 14.9. The highest BCUT2D eigenvalue weighted by molar-refractivity contribution is 6.31. The summed E-state index contributed by atoms with van der Waals surface area (Å²) in [5, 5.41) is 11.3. The van der Waals surface area contributed by atoms with Crippen LogP contribution in [0.5, 0.6) is 0 Å². The molecule has 0 saturated carbocycles. The minimum Gasteiger partial charge on any atom is -0.338 e. The molecule has 1 fully saturated rings. The molecule has 0 N–H and O–H groups in total. The second-order valence-electron chi connectivity index (χ2n) is 5.57. The molecule has 0 spiro atoms. The van der Waals surface area contributed by atoms with Crippen LogP contribution in [0, 0.1) is 22.0 Å². The van der Waals surface area contributed by atoms with E-state index in [-0.39, 0.29) is 22.2 Å². The molecule has 5 nitrogen and oxygen atoms in total. The van der Waals surface area contributed by atoms with Crippen LogP contribution < -0.4 is 0 Å². The summed E-state index contributed by atoms with van der Waals surface area (Å²) in [6.45, 7) is 5.46. The Morgan fingerprint density at radius 3 is 2.50 bits per heavy atom. The van der Waals surface area contributed by atoms with Crippen LogP contribution in [0.15, 0.2) is 18.2 Å². The first-order chi connectivity index (χ1) is 9.38. The molecular weight excluding hydrogens is 280 g/mol. The van der Waals surface area contributed by atoms with E-state index in [9.17, 15) is 14.9 Å². The molecule has 2 atom stereocenters. The summed E-state index contributed by atoms with van der Waals surface area (Å²) in [7, 11) is 0. The van der Waals surface area contributed by atoms with E-state index in [2.05, 4.69) is 13.8 Å². The molecule has 1 aliphatic heterocycles. The Balaban J connectivity index is 2.31. The molecule has 1 aromatic rings. The summed E-state index contributed by atoms with van der Waals surface area (Å²) in [5.41, 5.74) is -0.117. The van der Waals surface area contributed by atoms with E-state index in [4.69, 9.17) is 11.6 Å². The fourth-order valence-corrected chi connectivity index (χ4v) is 3.00. The van der Waals surface area contributed by atoms with Gasteiger partial charge in [-0.05, 0) is 30.4 Å². The van der Waals surface area contributed by atoms with Gasteiger partial charge in [-0.15, -0.1) is 0 Å². The van der Waals surface area contributed by atoms with Crippen molar-refractivity contribution in [1.29, 1.82) is 0 Å². The average molecular weight is 297 g/mol. The molecule has 0 unspecified atom stereocenters. The van der Waals surface area contributed by atoms with E-state index in [0.717, 1.165) is 6.42 Å². The Morgan fingerprint density at radius 2 is 1.95 bits per heavy atom. The number of benzene rings is 1. The summed E-state index contributed by atoms with van der Waals surface area (Å²) < 4.78 is 0. The van der Waals surface area contributed by atoms with Gasteiger partial charge in [-0.25, -0.2) is 0 Å². The van der Waals surface area contributed by atoms with E-state index in [1.807, 2.05) is 0 Å². The van der Waals surface area contributed by atoms with Crippen molar-refractivity contribution in [2.24, 2.45) is 11.8 Å². The number of hydrogen-bond acceptors (Lipinski definition) is 3. The van der Waals surface area contributed by atoms with Crippen molar-refractivity contribution < 1.29 is 9.72 Å². The SMILES string of the molecule is C[C@@H]1C[C@@H](C)CN(C(=O)c2ccc(Cl)cc2[N+](=O)[O-])C1. The number of hydrogen-bond donors (Lipinski definition) is 0. The number of carbonyl (C=O) groups is 1. The lowest BCUT2D eigenvalue weighted by Crippen LogP contribution is -2.42. The van der Waals surface area contributed by atoms with E-state index < -0.39 is 4.92 Å². The molecule has 1 aliphatic rings. The molecule has 0 bridgehead atoms. The fourth-order valence-electron chi connectivity index (χ4n) is 2.84. The number of carbonyl (C=O) groups excluding carboxylic acids is 1. The van der Waals surface area contributed by atoms with Gasteiger partial charge in [0.15, 0.2) is 0 Å². The fraction of sp³-hybridized carbons (Fsp3) is 0.500. The number of piperidine rings is 1. The summed E-state index contributed by atoms with van der Waals surface area (Å²) in [6, 6.07) is 4.18. The van der Waals surface area contributed by atoms with Crippen LogP contribution in [0.1, 0.15) is 30.6 Å². The molecular formula is C14H17ClN2O3. The van der Waals surface area contributed by atoms with Crippen LogP contribution >= 0.6 is 11.6 Å². The lowest BCUT2D eigenvalue weighted by atomic mass is 9.91. The van der Waals surface area contributed by atoms with Crippen molar-refractivity contribution in [3.63, 3.8) is 0 Å². The van der Waals surface area contributed by atoms with Crippen LogP contribution in [0.3, 0.4) is 0 Å². The van der Waals surface area contributed by atoms with Gasteiger partial charge in [0.2, 0.25) is 0 Å². The molecule has 1 saturated heterocycles. The minimum absolute atomic E-state index is 0.112. The van der Waals surface area contributed by atoms with E-state index in [1.54, 1.807) is 4.90 Å². The number of amides is 1. The highest BCUT2D eigenvalue weighted by atomic mass is 35.5. The van der Waals surface area contributed by atoms with Gasteiger partial charge in [-0.2, -0.15) is 0 Å². The van der Waals surface area contributed by atoms with Gasteiger partial charge >= 0.3 is 0 Å². The molecule has 0 aliphatic carbocycles. The lowest BCUT2D eigenvalue weighted by molar-refractivity contribution is -0.385. The number of nitrogens with zero attached hydrogens (tertiary/aromatic N) is 2. The van der Waals surface area contributed by atoms with Gasteiger partial charge < -0.3 is 4.90 Å². The summed E-state index contributed by atoms with van der Waals surface area (Å²) >= 11 is 5.77. The Morgan fingerprint density at radius 1 is 1.35 bits per heavy atom. The largest absolute Gasteiger partial charge is 0.338 e. The third-order valence-corrected chi connectivity index (χ3v) is 3.78. The Kier molecular flexibility index (Phi) is 4.28. The third-order valence-electron chi connectivity index (χ3n) is 3.54. The molecule has 0 aromatic heterocycles. The number of rotatable bonds is 2. The standard InChI is InChI=1S/C14H17ClN2O3/c1-9-5-10(2)8-16(7-9)14(18)12-4-3-11(15)6-13(12)17(19)20/h3-4,6,9-10H,5,7-8H2,1-2H3/t9-,10-/m1/s1. The zero-order valence-electron chi connectivity index (χ0n) is 11.5. The highest BCUT2D eigenvalue weighted by Gasteiger charge is 2.30. The smallest absolute Gasteiger partial charge is 0.283 e. The summed E-state index contributed by atoms with van der Waals surface area (Å²) in [6.07, 6.45) is 1.08. The van der Waals surface area contributed by atoms with E-state index in [1.165, 1.54) is 18.2 Å². The molecule has 108 valence electrons. The zero-order valence-corrected chi connectivity index (χ0v) is 12.3. The summed E-state index contributed by atoms with van der Waals surface area (Å²) in [4.78, 5) is 24.7. The van der Waals surface area contributed by atoms with Crippen LogP contribution in [0.25, 0.3) is 0 Å². The quantitative estimate of drug-likeness (QED) is 0.621. The van der Waals surface area contributed by atoms with Crippen molar-refractivity contribution in [2.45, 2.75) is 20.3 Å². The molecule has 1 aromatic carbocycles. The first kappa shape index (κ1) is 14.8.